The monoisotopic (exact) mass is 266 g/mol. The van der Waals surface area contributed by atoms with E-state index in [0.29, 0.717) is 0 Å². The third-order valence-corrected chi connectivity index (χ3v) is 4.01. The van der Waals surface area contributed by atoms with Gasteiger partial charge in [-0.25, -0.2) is 0 Å². The molecule has 0 atom stereocenters. The Morgan fingerprint density at radius 2 is 1.55 bits per heavy atom. The van der Waals surface area contributed by atoms with Gasteiger partial charge in [0.25, 0.3) is 0 Å². The second kappa shape index (κ2) is 7.89. The predicted octanol–water partition coefficient (Wildman–Crippen LogP) is 6.04. The predicted molar refractivity (Wildman–Crippen MR) is 89.1 cm³/mol. The van der Waals surface area contributed by atoms with Crippen LogP contribution in [0.25, 0.3) is 11.1 Å². The van der Waals surface area contributed by atoms with Gasteiger partial charge < -0.3 is 0 Å². The lowest BCUT2D eigenvalue weighted by atomic mass is 9.91. The number of hydrogen-bond acceptors (Lipinski definition) is 0. The minimum absolute atomic E-state index is 1.12. The van der Waals surface area contributed by atoms with Gasteiger partial charge in [0, 0.05) is 0 Å². The highest BCUT2D eigenvalue weighted by Crippen LogP contribution is 2.27. The Morgan fingerprint density at radius 3 is 2.25 bits per heavy atom. The maximum atomic E-state index is 2.32. The van der Waals surface area contributed by atoms with Crippen molar-refractivity contribution >= 4 is 0 Å². The van der Waals surface area contributed by atoms with Crippen LogP contribution in [0.4, 0.5) is 0 Å². The first-order valence-electron chi connectivity index (χ1n) is 8.03. The van der Waals surface area contributed by atoms with E-state index < -0.39 is 0 Å². The van der Waals surface area contributed by atoms with Gasteiger partial charge in [-0.2, -0.15) is 0 Å². The van der Waals surface area contributed by atoms with Crippen LogP contribution in [0.15, 0.2) is 48.5 Å². The molecule has 2 aromatic carbocycles. The van der Waals surface area contributed by atoms with Crippen LogP contribution in [-0.4, -0.2) is 0 Å². The molecular weight excluding hydrogens is 240 g/mol. The molecule has 0 fully saturated rings. The van der Waals surface area contributed by atoms with Crippen LogP contribution >= 0.6 is 0 Å². The highest BCUT2D eigenvalue weighted by molar-refractivity contribution is 5.68. The average Bonchev–Trinajstić information content (AvgIpc) is 2.52. The second-order valence-corrected chi connectivity index (χ2v) is 5.47. The summed E-state index contributed by atoms with van der Waals surface area (Å²) in [6, 6.07) is 17.6. The Morgan fingerprint density at radius 1 is 0.750 bits per heavy atom. The summed E-state index contributed by atoms with van der Waals surface area (Å²) in [7, 11) is 0. The van der Waals surface area contributed by atoms with Crippen molar-refractivity contribution in [3.05, 3.63) is 59.7 Å². The topological polar surface area (TPSA) is 0 Å². The van der Waals surface area contributed by atoms with Crippen molar-refractivity contribution < 1.29 is 0 Å². The molecule has 0 heteroatoms. The second-order valence-electron chi connectivity index (χ2n) is 5.47. The zero-order valence-electron chi connectivity index (χ0n) is 12.9. The molecule has 0 saturated heterocycles. The summed E-state index contributed by atoms with van der Waals surface area (Å²) in [5.41, 5.74) is 5.85. The van der Waals surface area contributed by atoms with E-state index in [1.807, 2.05) is 0 Å². The van der Waals surface area contributed by atoms with E-state index in [0.717, 1.165) is 6.42 Å². The molecule has 0 aliphatic rings. The van der Waals surface area contributed by atoms with Gasteiger partial charge in [-0.3, -0.25) is 0 Å². The van der Waals surface area contributed by atoms with Crippen molar-refractivity contribution in [2.75, 3.05) is 0 Å². The van der Waals surface area contributed by atoms with Gasteiger partial charge in [0.1, 0.15) is 0 Å². The molecule has 0 aromatic heterocycles. The zero-order chi connectivity index (χ0) is 14.2. The molecule has 0 nitrogen and oxygen atoms in total. The molecule has 0 aliphatic heterocycles. The summed E-state index contributed by atoms with van der Waals surface area (Å²) in [5.74, 6) is 0. The van der Waals surface area contributed by atoms with Crippen molar-refractivity contribution in [3.63, 3.8) is 0 Å². The van der Waals surface area contributed by atoms with E-state index in [9.17, 15) is 0 Å². The Labute approximate surface area is 123 Å². The fourth-order valence-electron chi connectivity index (χ4n) is 2.92. The number of unbranched alkanes of at least 4 members (excludes halogenated alkanes) is 3. The maximum absolute atomic E-state index is 2.32. The molecule has 0 radical (unpaired) electrons. The van der Waals surface area contributed by atoms with Crippen LogP contribution in [0.5, 0.6) is 0 Å². The summed E-state index contributed by atoms with van der Waals surface area (Å²) >= 11 is 0. The third kappa shape index (κ3) is 3.72. The smallest absolute Gasteiger partial charge is 0.0149 e. The van der Waals surface area contributed by atoms with Gasteiger partial charge in [-0.15, -0.1) is 0 Å². The van der Waals surface area contributed by atoms with Crippen molar-refractivity contribution in [1.29, 1.82) is 0 Å². The highest BCUT2D eigenvalue weighted by Gasteiger charge is 2.08. The molecule has 106 valence electrons. The molecule has 20 heavy (non-hydrogen) atoms. The molecule has 2 aromatic rings. The minimum atomic E-state index is 1.12. The number of hydrogen-bond donors (Lipinski definition) is 0. The van der Waals surface area contributed by atoms with Gasteiger partial charge in [0.2, 0.25) is 0 Å². The Balaban J connectivity index is 2.21. The van der Waals surface area contributed by atoms with Gasteiger partial charge in [0.05, 0.1) is 0 Å². The van der Waals surface area contributed by atoms with E-state index in [4.69, 9.17) is 0 Å². The lowest BCUT2D eigenvalue weighted by Crippen LogP contribution is -1.96. The first-order valence-corrected chi connectivity index (χ1v) is 8.03. The summed E-state index contributed by atoms with van der Waals surface area (Å²) in [4.78, 5) is 0. The molecule has 0 N–H and O–H groups in total. The van der Waals surface area contributed by atoms with Gasteiger partial charge >= 0.3 is 0 Å². The van der Waals surface area contributed by atoms with Crippen LogP contribution in [-0.2, 0) is 12.8 Å². The van der Waals surface area contributed by atoms with Crippen LogP contribution in [0.1, 0.15) is 50.7 Å². The lowest BCUT2D eigenvalue weighted by Gasteiger charge is -2.14. The van der Waals surface area contributed by atoms with E-state index in [1.165, 1.54) is 48.8 Å². The van der Waals surface area contributed by atoms with Gasteiger partial charge in [-0.1, -0.05) is 81.6 Å². The molecule has 2 rings (SSSR count). The molecule has 0 aliphatic carbocycles. The fraction of sp³-hybridized carbons (Fsp3) is 0.400. The Kier molecular flexibility index (Phi) is 5.86. The standard InChI is InChI=1S/C20H26/c1-3-5-6-8-12-17-15-11-16-20(19(17)4-2)18-13-9-7-10-14-18/h7,9-11,13-16H,3-6,8,12H2,1-2H3. The average molecular weight is 266 g/mol. The van der Waals surface area contributed by atoms with Crippen LogP contribution in [0.2, 0.25) is 0 Å². The van der Waals surface area contributed by atoms with Crippen LogP contribution in [0.3, 0.4) is 0 Å². The lowest BCUT2D eigenvalue weighted by molar-refractivity contribution is 0.665. The molecular formula is C20H26. The molecule has 0 heterocycles. The number of aryl methyl sites for hydroxylation is 1. The van der Waals surface area contributed by atoms with E-state index in [-0.39, 0.29) is 0 Å². The highest BCUT2D eigenvalue weighted by atomic mass is 14.1. The summed E-state index contributed by atoms with van der Waals surface area (Å²) in [5, 5.41) is 0. The largest absolute Gasteiger partial charge is 0.0654 e. The first-order chi connectivity index (χ1) is 9.86. The first kappa shape index (κ1) is 14.8. The fourth-order valence-corrected chi connectivity index (χ4v) is 2.92. The summed E-state index contributed by atoms with van der Waals surface area (Å²) in [6.45, 7) is 4.55. The zero-order valence-corrected chi connectivity index (χ0v) is 12.9. The number of rotatable bonds is 7. The van der Waals surface area contributed by atoms with Crippen molar-refractivity contribution in [3.8, 4) is 11.1 Å². The van der Waals surface area contributed by atoms with E-state index in [1.54, 1.807) is 5.56 Å². The maximum Gasteiger partial charge on any atom is -0.0149 e. The molecule has 0 unspecified atom stereocenters. The van der Waals surface area contributed by atoms with Crippen molar-refractivity contribution in [2.45, 2.75) is 52.4 Å². The van der Waals surface area contributed by atoms with Crippen LogP contribution < -0.4 is 0 Å². The Bertz CT molecular complexity index is 511. The number of benzene rings is 2. The Hall–Kier alpha value is -1.56. The van der Waals surface area contributed by atoms with E-state index >= 15 is 0 Å². The molecule has 0 saturated carbocycles. The summed E-state index contributed by atoms with van der Waals surface area (Å²) in [6.07, 6.45) is 7.69. The third-order valence-electron chi connectivity index (χ3n) is 4.01. The normalized spacial score (nSPS) is 10.7. The van der Waals surface area contributed by atoms with Crippen LogP contribution in [0, 0.1) is 0 Å². The van der Waals surface area contributed by atoms with Gasteiger partial charge in [-0.05, 0) is 41.5 Å². The SMILES string of the molecule is CCCCCCc1cccc(-c2ccccc2)c1CC. The molecule has 0 amide bonds. The quantitative estimate of drug-likeness (QED) is 0.536. The van der Waals surface area contributed by atoms with Crippen molar-refractivity contribution in [2.24, 2.45) is 0 Å². The molecule has 0 spiro atoms. The van der Waals surface area contributed by atoms with E-state index in [2.05, 4.69) is 62.4 Å². The van der Waals surface area contributed by atoms with Crippen molar-refractivity contribution in [1.82, 2.24) is 0 Å². The minimum Gasteiger partial charge on any atom is -0.0654 e. The molecule has 0 bridgehead atoms. The van der Waals surface area contributed by atoms with Gasteiger partial charge in [0.15, 0.2) is 0 Å². The summed E-state index contributed by atoms with van der Waals surface area (Å²) < 4.78 is 0.